The highest BCUT2D eigenvalue weighted by molar-refractivity contribution is 5.02. The van der Waals surface area contributed by atoms with E-state index in [0.29, 0.717) is 12.8 Å². The molecule has 0 aliphatic carbocycles. The summed E-state index contributed by atoms with van der Waals surface area (Å²) < 4.78 is 0. The van der Waals surface area contributed by atoms with E-state index in [1.807, 2.05) is 0 Å². The summed E-state index contributed by atoms with van der Waals surface area (Å²) in [5.41, 5.74) is -0.306. The van der Waals surface area contributed by atoms with Gasteiger partial charge in [0.05, 0.1) is 0 Å². The molecule has 3 heteroatoms. The molecular weight excluding hydrogens is 178 g/mol. The average molecular weight is 201 g/mol. The predicted octanol–water partition coefficient (Wildman–Crippen LogP) is 1.34. The first-order valence-electron chi connectivity index (χ1n) is 5.33. The van der Waals surface area contributed by atoms with Crippen molar-refractivity contribution in [2.75, 3.05) is 6.54 Å². The third-order valence-electron chi connectivity index (χ3n) is 3.21. The molecule has 0 radical (unpaired) electrons. The van der Waals surface area contributed by atoms with Gasteiger partial charge in [0.15, 0.2) is 5.79 Å². The maximum atomic E-state index is 9.79. The molecule has 0 aromatic carbocycles. The normalized spacial score (nSPS) is 30.2. The van der Waals surface area contributed by atoms with Gasteiger partial charge in [-0.3, -0.25) is 4.90 Å². The Balaban J connectivity index is 2.99. The lowest BCUT2D eigenvalue weighted by atomic mass is 9.76. The summed E-state index contributed by atoms with van der Waals surface area (Å²) in [6.45, 7) is 11.3. The van der Waals surface area contributed by atoms with Gasteiger partial charge in [0.25, 0.3) is 0 Å². The van der Waals surface area contributed by atoms with Gasteiger partial charge in [-0.2, -0.15) is 0 Å². The van der Waals surface area contributed by atoms with Crippen LogP contribution in [0.25, 0.3) is 0 Å². The van der Waals surface area contributed by atoms with Crippen LogP contribution in [0, 0.1) is 0 Å². The topological polar surface area (TPSA) is 43.7 Å². The molecule has 14 heavy (non-hydrogen) atoms. The van der Waals surface area contributed by atoms with Crippen LogP contribution >= 0.6 is 0 Å². The Labute approximate surface area is 86.7 Å². The first-order valence-corrected chi connectivity index (χ1v) is 5.33. The Bertz CT molecular complexity index is 201. The van der Waals surface area contributed by atoms with Gasteiger partial charge in [-0.05, 0) is 34.2 Å². The maximum Gasteiger partial charge on any atom is 0.165 e. The van der Waals surface area contributed by atoms with Crippen molar-refractivity contribution in [3.8, 4) is 0 Å². The molecule has 1 saturated heterocycles. The van der Waals surface area contributed by atoms with Gasteiger partial charge in [0.2, 0.25) is 0 Å². The number of piperidine rings is 1. The Morgan fingerprint density at radius 1 is 1.00 bits per heavy atom. The van der Waals surface area contributed by atoms with E-state index >= 15 is 0 Å². The van der Waals surface area contributed by atoms with Crippen LogP contribution < -0.4 is 0 Å². The second kappa shape index (κ2) is 3.19. The number of hydrogen-bond donors (Lipinski definition) is 2. The monoisotopic (exact) mass is 201 g/mol. The van der Waals surface area contributed by atoms with Crippen molar-refractivity contribution in [1.82, 2.24) is 4.90 Å². The van der Waals surface area contributed by atoms with Crippen molar-refractivity contribution in [1.29, 1.82) is 0 Å². The summed E-state index contributed by atoms with van der Waals surface area (Å²) in [5.74, 6) is -1.52. The summed E-state index contributed by atoms with van der Waals surface area (Å²) in [7, 11) is 0. The van der Waals surface area contributed by atoms with Crippen LogP contribution in [0.3, 0.4) is 0 Å². The summed E-state index contributed by atoms with van der Waals surface area (Å²) in [6.07, 6.45) is 0.828. The van der Waals surface area contributed by atoms with Gasteiger partial charge in [0, 0.05) is 23.9 Å². The molecule has 0 saturated carbocycles. The molecule has 1 fully saturated rings. The molecular formula is C11H23NO2. The van der Waals surface area contributed by atoms with E-state index in [2.05, 4.69) is 39.5 Å². The van der Waals surface area contributed by atoms with E-state index in [9.17, 15) is 10.2 Å². The number of nitrogens with zero attached hydrogens (tertiary/aromatic N) is 1. The van der Waals surface area contributed by atoms with Gasteiger partial charge in [0.1, 0.15) is 0 Å². The number of likely N-dealkylation sites (tertiary alicyclic amines) is 1. The largest absolute Gasteiger partial charge is 0.365 e. The zero-order valence-electron chi connectivity index (χ0n) is 9.96. The zero-order valence-corrected chi connectivity index (χ0v) is 9.96. The Hall–Kier alpha value is -0.120. The SMILES string of the molecule is CCN1C(C)(C)CC(O)(O)CC1(C)C. The molecule has 0 aromatic heterocycles. The van der Waals surface area contributed by atoms with Crippen molar-refractivity contribution in [2.45, 2.75) is 64.3 Å². The number of hydrogen-bond acceptors (Lipinski definition) is 3. The highest BCUT2D eigenvalue weighted by atomic mass is 16.5. The summed E-state index contributed by atoms with van der Waals surface area (Å²) in [5, 5.41) is 19.6. The van der Waals surface area contributed by atoms with Crippen LogP contribution in [-0.2, 0) is 0 Å². The fourth-order valence-corrected chi connectivity index (χ4v) is 3.31. The average Bonchev–Trinajstić information content (AvgIpc) is 1.76. The third kappa shape index (κ3) is 2.10. The first kappa shape index (κ1) is 12.0. The number of aliphatic hydroxyl groups is 2. The molecule has 0 bridgehead atoms. The molecule has 1 heterocycles. The second-order valence-electron chi connectivity index (χ2n) is 5.71. The summed E-state index contributed by atoms with van der Waals surface area (Å²) in [6, 6.07) is 0. The minimum atomic E-state index is -1.52. The minimum Gasteiger partial charge on any atom is -0.365 e. The van der Waals surface area contributed by atoms with E-state index in [1.165, 1.54) is 0 Å². The minimum absolute atomic E-state index is 0.153. The first-order chi connectivity index (χ1) is 6.11. The summed E-state index contributed by atoms with van der Waals surface area (Å²) in [4.78, 5) is 2.34. The third-order valence-corrected chi connectivity index (χ3v) is 3.21. The van der Waals surface area contributed by atoms with Gasteiger partial charge in [-0.15, -0.1) is 0 Å². The molecule has 0 spiro atoms. The van der Waals surface area contributed by atoms with Crippen molar-refractivity contribution in [2.24, 2.45) is 0 Å². The van der Waals surface area contributed by atoms with Crippen molar-refractivity contribution in [3.63, 3.8) is 0 Å². The van der Waals surface area contributed by atoms with E-state index < -0.39 is 5.79 Å². The maximum absolute atomic E-state index is 9.79. The van der Waals surface area contributed by atoms with Crippen molar-refractivity contribution < 1.29 is 10.2 Å². The molecule has 0 atom stereocenters. The van der Waals surface area contributed by atoms with Crippen molar-refractivity contribution in [3.05, 3.63) is 0 Å². The predicted molar refractivity (Wildman–Crippen MR) is 56.9 cm³/mol. The molecule has 3 nitrogen and oxygen atoms in total. The fourth-order valence-electron chi connectivity index (χ4n) is 3.31. The quantitative estimate of drug-likeness (QED) is 0.629. The molecule has 0 unspecified atom stereocenters. The molecule has 0 amide bonds. The van der Waals surface area contributed by atoms with Gasteiger partial charge >= 0.3 is 0 Å². The highest BCUT2D eigenvalue weighted by Gasteiger charge is 2.50. The second-order valence-corrected chi connectivity index (χ2v) is 5.71. The van der Waals surface area contributed by atoms with E-state index in [4.69, 9.17) is 0 Å². The van der Waals surface area contributed by atoms with Gasteiger partial charge in [-0.1, -0.05) is 6.92 Å². The Morgan fingerprint density at radius 2 is 1.36 bits per heavy atom. The Morgan fingerprint density at radius 3 is 1.64 bits per heavy atom. The fraction of sp³-hybridized carbons (Fsp3) is 1.00. The number of rotatable bonds is 1. The molecule has 1 aliphatic rings. The van der Waals surface area contributed by atoms with Crippen LogP contribution in [0.1, 0.15) is 47.5 Å². The van der Waals surface area contributed by atoms with Crippen LogP contribution in [0.2, 0.25) is 0 Å². The lowest BCUT2D eigenvalue weighted by molar-refractivity contribution is -0.242. The standard InChI is InChI=1S/C11H23NO2/c1-6-12-9(2,3)7-11(13,14)8-10(12,4)5/h13-14H,6-8H2,1-5H3. The summed E-state index contributed by atoms with van der Waals surface area (Å²) >= 11 is 0. The molecule has 84 valence electrons. The van der Waals surface area contributed by atoms with E-state index in [0.717, 1.165) is 6.54 Å². The highest BCUT2D eigenvalue weighted by Crippen LogP contribution is 2.41. The molecule has 1 aliphatic heterocycles. The zero-order chi connectivity index (χ0) is 11.2. The lowest BCUT2D eigenvalue weighted by Crippen LogP contribution is -2.65. The van der Waals surface area contributed by atoms with E-state index in [1.54, 1.807) is 0 Å². The van der Waals surface area contributed by atoms with E-state index in [-0.39, 0.29) is 11.1 Å². The van der Waals surface area contributed by atoms with Crippen molar-refractivity contribution >= 4 is 0 Å². The lowest BCUT2D eigenvalue weighted by Gasteiger charge is -2.56. The van der Waals surface area contributed by atoms with Gasteiger partial charge < -0.3 is 10.2 Å². The van der Waals surface area contributed by atoms with Crippen LogP contribution in [0.5, 0.6) is 0 Å². The Kier molecular flexibility index (Phi) is 2.72. The molecule has 1 rings (SSSR count). The van der Waals surface area contributed by atoms with Crippen LogP contribution in [-0.4, -0.2) is 38.5 Å². The molecule has 2 N–H and O–H groups in total. The van der Waals surface area contributed by atoms with Crippen LogP contribution in [0.4, 0.5) is 0 Å². The smallest absolute Gasteiger partial charge is 0.165 e. The van der Waals surface area contributed by atoms with Gasteiger partial charge in [-0.25, -0.2) is 0 Å². The molecule has 0 aromatic rings. The van der Waals surface area contributed by atoms with Crippen LogP contribution in [0.15, 0.2) is 0 Å².